The number of benzene rings is 3. The van der Waals surface area contributed by atoms with Crippen LogP contribution in [0, 0.1) is 13.8 Å². The van der Waals surface area contributed by atoms with E-state index < -0.39 is 0 Å². The molecule has 6 aromatic rings. The molecule has 1 fully saturated rings. The van der Waals surface area contributed by atoms with Gasteiger partial charge in [-0.05, 0) is 90.4 Å². The van der Waals surface area contributed by atoms with Crippen molar-refractivity contribution in [2.45, 2.75) is 71.6 Å². The van der Waals surface area contributed by atoms with E-state index in [4.69, 9.17) is 0 Å². The van der Waals surface area contributed by atoms with Gasteiger partial charge in [0.1, 0.15) is 7.05 Å². The first-order chi connectivity index (χ1) is 16.9. The van der Waals surface area contributed by atoms with Gasteiger partial charge in [-0.1, -0.05) is 45.2 Å². The Kier molecular flexibility index (Phi) is 4.50. The Balaban J connectivity index is 1.76. The Morgan fingerprint density at radius 2 is 1.66 bits per heavy atom. The monoisotopic (exact) mass is 459 g/mol. The van der Waals surface area contributed by atoms with E-state index in [-0.39, 0.29) is 0 Å². The topological polar surface area (TPSA) is 8.29 Å². The van der Waals surface area contributed by atoms with Crippen molar-refractivity contribution in [2.75, 3.05) is 0 Å². The lowest BCUT2D eigenvalue weighted by Crippen LogP contribution is -2.29. The van der Waals surface area contributed by atoms with Crippen molar-refractivity contribution in [3.63, 3.8) is 0 Å². The summed E-state index contributed by atoms with van der Waals surface area (Å²) in [6, 6.07) is 17.0. The first kappa shape index (κ1) is 21.2. The molecule has 0 aliphatic heterocycles. The van der Waals surface area contributed by atoms with Crippen LogP contribution >= 0.6 is 0 Å². The van der Waals surface area contributed by atoms with Crippen molar-refractivity contribution in [2.24, 2.45) is 7.05 Å². The molecule has 0 unspecified atom stereocenters. The highest BCUT2D eigenvalue weighted by Gasteiger charge is 2.26. The molecule has 0 spiro atoms. The SMILES string of the molecule is Cc1cc2c3cc(C(C)C)ccc3n3c4cc(C5CCCCC5)cc5cc[n+](C)c(c(c1C)c23)c54. The second kappa shape index (κ2) is 7.43. The molecular weight excluding hydrogens is 424 g/mol. The summed E-state index contributed by atoms with van der Waals surface area (Å²) in [7, 11) is 2.22. The predicted octanol–water partition coefficient (Wildman–Crippen LogP) is 8.60. The molecule has 1 saturated carbocycles. The molecule has 2 nitrogen and oxygen atoms in total. The molecule has 2 heteroatoms. The van der Waals surface area contributed by atoms with E-state index >= 15 is 0 Å². The van der Waals surface area contributed by atoms with Crippen LogP contribution in [-0.4, -0.2) is 4.40 Å². The van der Waals surface area contributed by atoms with Crippen LogP contribution in [0.3, 0.4) is 0 Å². The number of hydrogen-bond donors (Lipinski definition) is 0. The number of pyridine rings is 2. The Hall–Kier alpha value is -3.13. The lowest BCUT2D eigenvalue weighted by molar-refractivity contribution is -0.643. The third-order valence-electron chi connectivity index (χ3n) is 9.05. The molecule has 0 saturated heterocycles. The van der Waals surface area contributed by atoms with E-state index in [1.807, 2.05) is 0 Å². The number of rotatable bonds is 2. The Morgan fingerprint density at radius 1 is 0.857 bits per heavy atom. The van der Waals surface area contributed by atoms with Gasteiger partial charge in [-0.15, -0.1) is 0 Å². The van der Waals surface area contributed by atoms with Crippen molar-refractivity contribution < 1.29 is 4.57 Å². The van der Waals surface area contributed by atoms with Gasteiger partial charge in [-0.25, -0.2) is 4.57 Å². The van der Waals surface area contributed by atoms with Gasteiger partial charge in [0.25, 0.3) is 0 Å². The summed E-state index contributed by atoms with van der Waals surface area (Å²) in [5, 5.41) is 6.99. The van der Waals surface area contributed by atoms with Crippen molar-refractivity contribution in [3.05, 3.63) is 70.9 Å². The zero-order valence-corrected chi connectivity index (χ0v) is 21.7. The molecule has 1 aliphatic rings. The molecule has 7 rings (SSSR count). The highest BCUT2D eigenvalue weighted by molar-refractivity contribution is 6.26. The summed E-state index contributed by atoms with van der Waals surface area (Å²) >= 11 is 0. The van der Waals surface area contributed by atoms with Gasteiger partial charge in [0, 0.05) is 16.8 Å². The van der Waals surface area contributed by atoms with Crippen molar-refractivity contribution in [1.82, 2.24) is 4.40 Å². The Bertz CT molecular complexity index is 1780. The second-order valence-electron chi connectivity index (χ2n) is 11.5. The number of aryl methyl sites for hydroxylation is 3. The summed E-state index contributed by atoms with van der Waals surface area (Å²) in [5.41, 5.74) is 11.2. The van der Waals surface area contributed by atoms with Gasteiger partial charge < -0.3 is 4.40 Å². The number of fused-ring (bicyclic) bond motifs is 5. The van der Waals surface area contributed by atoms with Crippen LogP contribution in [0.5, 0.6) is 0 Å². The van der Waals surface area contributed by atoms with E-state index in [9.17, 15) is 0 Å². The fraction of sp³-hybridized carbons (Fsp3) is 0.364. The van der Waals surface area contributed by atoms with Crippen molar-refractivity contribution >= 4 is 49.0 Å². The van der Waals surface area contributed by atoms with Gasteiger partial charge in [0.2, 0.25) is 5.52 Å². The predicted molar refractivity (Wildman–Crippen MR) is 149 cm³/mol. The maximum atomic E-state index is 2.61. The minimum Gasteiger partial charge on any atom is -0.307 e. The van der Waals surface area contributed by atoms with Crippen LogP contribution in [0.15, 0.2) is 48.7 Å². The fourth-order valence-corrected chi connectivity index (χ4v) is 6.98. The quantitative estimate of drug-likeness (QED) is 0.139. The van der Waals surface area contributed by atoms with Crippen LogP contribution in [0.2, 0.25) is 0 Å². The van der Waals surface area contributed by atoms with E-state index in [2.05, 4.69) is 92.4 Å². The van der Waals surface area contributed by atoms with Crippen molar-refractivity contribution in [3.8, 4) is 0 Å². The summed E-state index contributed by atoms with van der Waals surface area (Å²) < 4.78 is 4.96. The largest absolute Gasteiger partial charge is 0.307 e. The molecule has 1 aliphatic carbocycles. The maximum Gasteiger partial charge on any atom is 0.224 e. The molecule has 0 radical (unpaired) electrons. The van der Waals surface area contributed by atoms with E-state index in [0.29, 0.717) is 11.8 Å². The van der Waals surface area contributed by atoms with Gasteiger partial charge in [-0.2, -0.15) is 0 Å². The van der Waals surface area contributed by atoms with Crippen LogP contribution < -0.4 is 4.57 Å². The second-order valence-corrected chi connectivity index (χ2v) is 11.5. The van der Waals surface area contributed by atoms with Crippen LogP contribution in [0.4, 0.5) is 0 Å². The summed E-state index contributed by atoms with van der Waals surface area (Å²) in [6.45, 7) is 9.19. The molecule has 3 aromatic carbocycles. The average Bonchev–Trinajstić information content (AvgIpc) is 3.19. The Labute approximate surface area is 207 Å². The zero-order chi connectivity index (χ0) is 24.0. The molecule has 35 heavy (non-hydrogen) atoms. The summed E-state index contributed by atoms with van der Waals surface area (Å²) in [4.78, 5) is 0. The van der Waals surface area contributed by atoms with E-state index in [0.717, 1.165) is 0 Å². The number of nitrogens with zero attached hydrogens (tertiary/aromatic N) is 2. The van der Waals surface area contributed by atoms with Crippen LogP contribution in [0.25, 0.3) is 49.0 Å². The molecule has 3 aromatic heterocycles. The first-order valence-corrected chi connectivity index (χ1v) is 13.5. The third kappa shape index (κ3) is 2.86. The smallest absolute Gasteiger partial charge is 0.224 e. The minimum absolute atomic E-state index is 0.519. The van der Waals surface area contributed by atoms with E-state index in [1.165, 1.54) is 103 Å². The average molecular weight is 460 g/mol. The number of hydrogen-bond acceptors (Lipinski definition) is 0. The first-order valence-electron chi connectivity index (χ1n) is 13.5. The molecule has 0 bridgehead atoms. The molecule has 0 amide bonds. The van der Waals surface area contributed by atoms with E-state index in [1.54, 1.807) is 0 Å². The standard InChI is InChI=1S/C33H35N2/c1-19(2)23-11-12-28-26(17-23)27-15-20(3)21(4)30-32(27)35(28)29-18-25(22-9-7-6-8-10-22)16-24-13-14-34(5)33(30)31(24)29/h11-19,22H,6-10H2,1-5H3/q+1. The zero-order valence-electron chi connectivity index (χ0n) is 21.7. The normalized spacial score (nSPS) is 15.7. The summed E-state index contributed by atoms with van der Waals surface area (Å²) in [5.74, 6) is 1.21. The van der Waals surface area contributed by atoms with Crippen LogP contribution in [0.1, 0.15) is 80.0 Å². The number of aromatic nitrogens is 2. The lowest BCUT2D eigenvalue weighted by Gasteiger charge is -2.23. The highest BCUT2D eigenvalue weighted by atomic mass is 15.0. The molecule has 176 valence electrons. The van der Waals surface area contributed by atoms with Gasteiger partial charge >= 0.3 is 0 Å². The third-order valence-corrected chi connectivity index (χ3v) is 9.05. The molecule has 3 heterocycles. The Morgan fingerprint density at radius 3 is 2.43 bits per heavy atom. The molecule has 0 atom stereocenters. The van der Waals surface area contributed by atoms with Gasteiger partial charge in [0.15, 0.2) is 6.20 Å². The van der Waals surface area contributed by atoms with Crippen LogP contribution in [-0.2, 0) is 7.05 Å². The van der Waals surface area contributed by atoms with Gasteiger partial charge in [0.05, 0.1) is 27.3 Å². The van der Waals surface area contributed by atoms with Crippen molar-refractivity contribution in [1.29, 1.82) is 0 Å². The fourth-order valence-electron chi connectivity index (χ4n) is 6.98. The minimum atomic E-state index is 0.519. The maximum absolute atomic E-state index is 2.61. The lowest BCUT2D eigenvalue weighted by atomic mass is 9.83. The molecule has 0 N–H and O–H groups in total. The van der Waals surface area contributed by atoms with Gasteiger partial charge in [-0.3, -0.25) is 0 Å². The molecular formula is C33H35N2+. The highest BCUT2D eigenvalue weighted by Crippen LogP contribution is 2.44. The summed E-state index contributed by atoms with van der Waals surface area (Å²) in [6.07, 6.45) is 9.05.